The van der Waals surface area contributed by atoms with Crippen LogP contribution in [-0.2, 0) is 23.2 Å². The van der Waals surface area contributed by atoms with Crippen molar-refractivity contribution in [2.45, 2.75) is 46.6 Å². The highest BCUT2D eigenvalue weighted by molar-refractivity contribution is 5.87. The molecule has 0 radical (unpaired) electrons. The van der Waals surface area contributed by atoms with Crippen LogP contribution in [0.25, 0.3) is 0 Å². The van der Waals surface area contributed by atoms with Crippen LogP contribution in [0, 0.1) is 11.8 Å². The Balaban J connectivity index is 2.04. The Morgan fingerprint density at radius 2 is 2.00 bits per heavy atom. The summed E-state index contributed by atoms with van der Waals surface area (Å²) in [5.41, 5.74) is 1.11. The number of carbonyl (C=O) groups is 2. The van der Waals surface area contributed by atoms with Crippen molar-refractivity contribution in [1.82, 2.24) is 14.4 Å². The van der Waals surface area contributed by atoms with Gasteiger partial charge in [0.15, 0.2) is 0 Å². The zero-order valence-electron chi connectivity index (χ0n) is 15.5. The summed E-state index contributed by atoms with van der Waals surface area (Å²) in [6, 6.07) is 4.03. The molecule has 2 amide bonds. The molecule has 0 aromatic carbocycles. The molecule has 0 aliphatic heterocycles. The van der Waals surface area contributed by atoms with Gasteiger partial charge in [-0.1, -0.05) is 20.8 Å². The molecular weight excluding hydrogens is 302 g/mol. The van der Waals surface area contributed by atoms with E-state index in [1.54, 1.807) is 4.90 Å². The quantitative estimate of drug-likeness (QED) is 0.697. The molecule has 24 heavy (non-hydrogen) atoms. The first-order chi connectivity index (χ1) is 11.4. The van der Waals surface area contributed by atoms with Crippen molar-refractivity contribution in [3.63, 3.8) is 0 Å². The lowest BCUT2D eigenvalue weighted by Gasteiger charge is -2.29. The van der Waals surface area contributed by atoms with E-state index in [2.05, 4.69) is 13.8 Å². The van der Waals surface area contributed by atoms with Crippen molar-refractivity contribution in [2.75, 3.05) is 19.6 Å². The van der Waals surface area contributed by atoms with E-state index in [9.17, 15) is 9.59 Å². The van der Waals surface area contributed by atoms with Gasteiger partial charge >= 0.3 is 0 Å². The summed E-state index contributed by atoms with van der Waals surface area (Å²) in [6.07, 6.45) is 4.83. The highest BCUT2D eigenvalue weighted by Crippen LogP contribution is 2.31. The molecule has 0 saturated heterocycles. The summed E-state index contributed by atoms with van der Waals surface area (Å²) >= 11 is 0. The summed E-state index contributed by atoms with van der Waals surface area (Å²) in [5, 5.41) is 0. The lowest BCUT2D eigenvalue weighted by atomic mass is 10.2. The number of hydrogen-bond acceptors (Lipinski definition) is 2. The van der Waals surface area contributed by atoms with Gasteiger partial charge in [-0.15, -0.1) is 0 Å². The van der Waals surface area contributed by atoms with Gasteiger partial charge in [0, 0.05) is 37.9 Å². The third kappa shape index (κ3) is 5.11. The molecule has 1 heterocycles. The average Bonchev–Trinajstić information content (AvgIpc) is 3.29. The van der Waals surface area contributed by atoms with E-state index < -0.39 is 0 Å². The molecule has 1 aromatic rings. The van der Waals surface area contributed by atoms with Gasteiger partial charge in [0.2, 0.25) is 11.8 Å². The molecule has 0 spiro atoms. The Morgan fingerprint density at radius 3 is 2.50 bits per heavy atom. The van der Waals surface area contributed by atoms with Crippen LogP contribution in [0.4, 0.5) is 0 Å². The lowest BCUT2D eigenvalue weighted by Crippen LogP contribution is -2.44. The summed E-state index contributed by atoms with van der Waals surface area (Å²) in [6.45, 7) is 8.46. The maximum atomic E-state index is 12.9. The standard InChI is InChI=1S/C19H31N3O2/c1-5-10-21(19(24)16-8-9-16)14-18(23)22(12-15(2)3)13-17-7-6-11-20(17)4/h6-7,11,15-16H,5,8-10,12-14H2,1-4H3. The van der Waals surface area contributed by atoms with Crippen molar-refractivity contribution < 1.29 is 9.59 Å². The van der Waals surface area contributed by atoms with Crippen molar-refractivity contribution in [3.8, 4) is 0 Å². The molecule has 1 aromatic heterocycles. The number of nitrogens with zero attached hydrogens (tertiary/aromatic N) is 3. The molecule has 1 aliphatic rings. The van der Waals surface area contributed by atoms with Gasteiger partial charge < -0.3 is 14.4 Å². The highest BCUT2D eigenvalue weighted by Gasteiger charge is 2.34. The van der Waals surface area contributed by atoms with Gasteiger partial charge in [0.05, 0.1) is 13.1 Å². The second kappa shape index (κ2) is 8.36. The van der Waals surface area contributed by atoms with E-state index in [1.807, 2.05) is 41.8 Å². The zero-order valence-corrected chi connectivity index (χ0v) is 15.5. The Labute approximate surface area is 145 Å². The molecule has 0 bridgehead atoms. The van der Waals surface area contributed by atoms with Crippen LogP contribution in [-0.4, -0.2) is 45.8 Å². The molecule has 1 aliphatic carbocycles. The van der Waals surface area contributed by atoms with Crippen LogP contribution < -0.4 is 0 Å². The van der Waals surface area contributed by atoms with Crippen LogP contribution in [0.1, 0.15) is 45.7 Å². The van der Waals surface area contributed by atoms with Crippen LogP contribution in [0.3, 0.4) is 0 Å². The Hall–Kier alpha value is -1.78. The Morgan fingerprint density at radius 1 is 1.29 bits per heavy atom. The minimum Gasteiger partial charge on any atom is -0.353 e. The van der Waals surface area contributed by atoms with Gasteiger partial charge in [-0.2, -0.15) is 0 Å². The van der Waals surface area contributed by atoms with Crippen LogP contribution in [0.2, 0.25) is 0 Å². The molecule has 2 rings (SSSR count). The summed E-state index contributed by atoms with van der Waals surface area (Å²) in [5.74, 6) is 0.768. The van der Waals surface area contributed by atoms with Gasteiger partial charge in [-0.05, 0) is 37.3 Å². The molecule has 5 heteroatoms. The van der Waals surface area contributed by atoms with Gasteiger partial charge in [0.25, 0.3) is 0 Å². The molecule has 0 unspecified atom stereocenters. The van der Waals surface area contributed by atoms with Gasteiger partial charge in [-0.25, -0.2) is 0 Å². The van der Waals surface area contributed by atoms with Gasteiger partial charge in [0.1, 0.15) is 0 Å². The number of carbonyl (C=O) groups excluding carboxylic acids is 2. The largest absolute Gasteiger partial charge is 0.353 e. The van der Waals surface area contributed by atoms with Crippen molar-refractivity contribution >= 4 is 11.8 Å². The van der Waals surface area contributed by atoms with Crippen LogP contribution in [0.5, 0.6) is 0 Å². The highest BCUT2D eigenvalue weighted by atomic mass is 16.2. The number of aromatic nitrogens is 1. The summed E-state index contributed by atoms with van der Waals surface area (Å²) < 4.78 is 2.04. The average molecular weight is 333 g/mol. The monoisotopic (exact) mass is 333 g/mol. The smallest absolute Gasteiger partial charge is 0.242 e. The predicted molar refractivity (Wildman–Crippen MR) is 95.3 cm³/mol. The predicted octanol–water partition coefficient (Wildman–Crippen LogP) is 2.66. The molecule has 1 fully saturated rings. The number of amides is 2. The number of hydrogen-bond donors (Lipinski definition) is 0. The fraction of sp³-hybridized carbons (Fsp3) is 0.684. The van der Waals surface area contributed by atoms with E-state index in [0.717, 1.165) is 25.0 Å². The summed E-state index contributed by atoms with van der Waals surface area (Å²) in [7, 11) is 1.99. The maximum absolute atomic E-state index is 12.9. The van der Waals surface area contributed by atoms with E-state index in [4.69, 9.17) is 0 Å². The van der Waals surface area contributed by atoms with E-state index in [-0.39, 0.29) is 24.3 Å². The third-order valence-electron chi connectivity index (χ3n) is 4.40. The second-order valence-corrected chi connectivity index (χ2v) is 7.31. The van der Waals surface area contributed by atoms with E-state index in [1.165, 1.54) is 0 Å². The first-order valence-corrected chi connectivity index (χ1v) is 9.09. The van der Waals surface area contributed by atoms with Crippen molar-refractivity contribution in [2.24, 2.45) is 18.9 Å². The van der Waals surface area contributed by atoms with Crippen LogP contribution in [0.15, 0.2) is 18.3 Å². The number of aryl methyl sites for hydroxylation is 1. The minimum atomic E-state index is 0.0485. The number of rotatable bonds is 9. The fourth-order valence-corrected chi connectivity index (χ4v) is 2.94. The van der Waals surface area contributed by atoms with E-state index >= 15 is 0 Å². The fourth-order valence-electron chi connectivity index (χ4n) is 2.94. The van der Waals surface area contributed by atoms with Gasteiger partial charge in [-0.3, -0.25) is 9.59 Å². The molecule has 134 valence electrons. The van der Waals surface area contributed by atoms with E-state index in [0.29, 0.717) is 25.6 Å². The maximum Gasteiger partial charge on any atom is 0.242 e. The first-order valence-electron chi connectivity index (χ1n) is 9.09. The molecule has 5 nitrogen and oxygen atoms in total. The van der Waals surface area contributed by atoms with Crippen molar-refractivity contribution in [1.29, 1.82) is 0 Å². The lowest BCUT2D eigenvalue weighted by molar-refractivity contribution is -0.142. The SMILES string of the molecule is CCCN(CC(=O)N(Cc1cccn1C)CC(C)C)C(=O)C1CC1. The zero-order chi connectivity index (χ0) is 17.7. The van der Waals surface area contributed by atoms with Crippen molar-refractivity contribution in [3.05, 3.63) is 24.0 Å². The Bertz CT molecular complexity index is 561. The van der Waals surface area contributed by atoms with Crippen LogP contribution >= 0.6 is 0 Å². The molecular formula is C19H31N3O2. The first kappa shape index (κ1) is 18.6. The topological polar surface area (TPSA) is 45.6 Å². The molecule has 1 saturated carbocycles. The summed E-state index contributed by atoms with van der Waals surface area (Å²) in [4.78, 5) is 28.9. The molecule has 0 atom stereocenters. The third-order valence-corrected chi connectivity index (χ3v) is 4.40. The second-order valence-electron chi connectivity index (χ2n) is 7.31. The normalized spacial score (nSPS) is 14.0. The Kier molecular flexibility index (Phi) is 6.46. The molecule has 0 N–H and O–H groups in total. The minimum absolute atomic E-state index is 0.0485.